The molecule has 31 heavy (non-hydrogen) atoms. The van der Waals surface area contributed by atoms with Crippen LogP contribution in [0.15, 0.2) is 73.4 Å². The predicted octanol–water partition coefficient (Wildman–Crippen LogP) is 4.93. The zero-order valence-electron chi connectivity index (χ0n) is 16.7. The fraction of sp³-hybridized carbons (Fsp3) is 0.0417. The first-order chi connectivity index (χ1) is 15.3. The Hall–Kier alpha value is -4.39. The number of hydrogen-bond acceptors (Lipinski definition) is 5. The number of H-pyrrole nitrogens is 2. The molecule has 0 radical (unpaired) electrons. The minimum atomic E-state index is 0.764. The van der Waals surface area contributed by atoms with E-state index in [1.807, 2.05) is 62.0 Å². The van der Waals surface area contributed by atoms with E-state index in [1.54, 1.807) is 6.20 Å². The molecule has 7 nitrogen and oxygen atoms in total. The summed E-state index contributed by atoms with van der Waals surface area (Å²) in [5.41, 5.74) is 9.03. The van der Waals surface area contributed by atoms with Crippen LogP contribution in [0.25, 0.3) is 55.8 Å². The summed E-state index contributed by atoms with van der Waals surface area (Å²) >= 11 is 0. The first kappa shape index (κ1) is 17.5. The van der Waals surface area contributed by atoms with Crippen molar-refractivity contribution in [1.82, 2.24) is 35.1 Å². The molecule has 0 fully saturated rings. The van der Waals surface area contributed by atoms with Crippen LogP contribution >= 0.6 is 0 Å². The summed E-state index contributed by atoms with van der Waals surface area (Å²) in [6, 6.07) is 14.0. The summed E-state index contributed by atoms with van der Waals surface area (Å²) in [6.07, 6.45) is 9.11. The maximum Gasteiger partial charge on any atom is 0.135 e. The van der Waals surface area contributed by atoms with Gasteiger partial charge in [0.1, 0.15) is 11.2 Å². The van der Waals surface area contributed by atoms with Crippen molar-refractivity contribution in [1.29, 1.82) is 0 Å². The highest BCUT2D eigenvalue weighted by molar-refractivity contribution is 5.99. The van der Waals surface area contributed by atoms with Gasteiger partial charge in [-0.15, -0.1) is 0 Å². The number of aromatic amines is 2. The third kappa shape index (κ3) is 2.95. The number of fused-ring (bicyclic) bond motifs is 2. The Balaban J connectivity index is 1.51. The molecule has 6 rings (SSSR count). The van der Waals surface area contributed by atoms with E-state index in [0.717, 1.165) is 61.4 Å². The van der Waals surface area contributed by atoms with E-state index in [0.29, 0.717) is 0 Å². The van der Waals surface area contributed by atoms with E-state index < -0.39 is 0 Å². The van der Waals surface area contributed by atoms with E-state index in [9.17, 15) is 0 Å². The second kappa shape index (κ2) is 6.84. The number of rotatable bonds is 3. The molecule has 0 atom stereocenters. The van der Waals surface area contributed by atoms with Crippen molar-refractivity contribution in [3.05, 3.63) is 79.0 Å². The number of nitrogens with one attached hydrogen (secondary N) is 2. The van der Waals surface area contributed by atoms with Gasteiger partial charge in [-0.1, -0.05) is 6.07 Å². The van der Waals surface area contributed by atoms with Gasteiger partial charge in [-0.25, -0.2) is 4.98 Å². The number of aryl methyl sites for hydroxylation is 1. The molecule has 6 aromatic rings. The molecule has 0 saturated heterocycles. The molecule has 0 aliphatic heterocycles. The summed E-state index contributed by atoms with van der Waals surface area (Å²) in [7, 11) is 0. The van der Waals surface area contributed by atoms with Crippen molar-refractivity contribution >= 4 is 21.9 Å². The molecule has 0 aliphatic carbocycles. The van der Waals surface area contributed by atoms with Crippen LogP contribution < -0.4 is 0 Å². The Morgan fingerprint density at radius 3 is 2.65 bits per heavy atom. The van der Waals surface area contributed by atoms with Gasteiger partial charge in [-0.2, -0.15) is 5.10 Å². The average Bonchev–Trinajstić information content (AvgIpc) is 3.43. The van der Waals surface area contributed by atoms with Gasteiger partial charge < -0.3 is 4.98 Å². The third-order valence-corrected chi connectivity index (χ3v) is 5.32. The van der Waals surface area contributed by atoms with Crippen molar-refractivity contribution in [2.75, 3.05) is 0 Å². The van der Waals surface area contributed by atoms with Crippen LogP contribution in [0.1, 0.15) is 5.56 Å². The van der Waals surface area contributed by atoms with Crippen molar-refractivity contribution in [2.24, 2.45) is 0 Å². The molecule has 0 unspecified atom stereocenters. The highest BCUT2D eigenvalue weighted by atomic mass is 15.1. The van der Waals surface area contributed by atoms with E-state index in [4.69, 9.17) is 4.98 Å². The van der Waals surface area contributed by atoms with Gasteiger partial charge in [0.25, 0.3) is 0 Å². The van der Waals surface area contributed by atoms with Crippen LogP contribution in [-0.4, -0.2) is 35.1 Å². The van der Waals surface area contributed by atoms with Crippen LogP contribution in [0.2, 0.25) is 0 Å². The van der Waals surface area contributed by atoms with Crippen LogP contribution in [-0.2, 0) is 0 Å². The fourth-order valence-corrected chi connectivity index (χ4v) is 3.85. The smallest absolute Gasteiger partial charge is 0.135 e. The van der Waals surface area contributed by atoms with Crippen molar-refractivity contribution < 1.29 is 0 Å². The molecule has 2 N–H and O–H groups in total. The summed E-state index contributed by atoms with van der Waals surface area (Å²) in [4.78, 5) is 21.5. The molecule has 6 aromatic heterocycles. The van der Waals surface area contributed by atoms with Gasteiger partial charge in [0.2, 0.25) is 0 Å². The Kier molecular flexibility index (Phi) is 3.86. The largest absolute Gasteiger partial charge is 0.352 e. The van der Waals surface area contributed by atoms with Gasteiger partial charge in [-0.3, -0.25) is 20.1 Å². The van der Waals surface area contributed by atoms with Crippen LogP contribution in [0.4, 0.5) is 0 Å². The highest BCUT2D eigenvalue weighted by Gasteiger charge is 2.16. The molecule has 148 valence electrons. The summed E-state index contributed by atoms with van der Waals surface area (Å²) in [5.74, 6) is 0. The monoisotopic (exact) mass is 403 g/mol. The first-order valence-electron chi connectivity index (χ1n) is 9.92. The molecule has 0 spiro atoms. The third-order valence-electron chi connectivity index (χ3n) is 5.32. The number of hydrogen-bond donors (Lipinski definition) is 2. The number of aromatic nitrogens is 7. The molecule has 0 aliphatic rings. The topological polar surface area (TPSA) is 96.0 Å². The lowest BCUT2D eigenvalue weighted by molar-refractivity contribution is 1.12. The number of pyridine rings is 4. The molecule has 0 amide bonds. The van der Waals surface area contributed by atoms with Gasteiger partial charge in [0, 0.05) is 41.3 Å². The maximum absolute atomic E-state index is 4.89. The lowest BCUT2D eigenvalue weighted by Gasteiger charge is -2.02. The molecular weight excluding hydrogens is 386 g/mol. The van der Waals surface area contributed by atoms with Crippen LogP contribution in [0, 0.1) is 6.92 Å². The van der Waals surface area contributed by atoms with Crippen molar-refractivity contribution in [2.45, 2.75) is 6.92 Å². The molecule has 0 bridgehead atoms. The summed E-state index contributed by atoms with van der Waals surface area (Å²) in [6.45, 7) is 2.02. The Bertz CT molecular complexity index is 1550. The van der Waals surface area contributed by atoms with Crippen LogP contribution in [0.3, 0.4) is 0 Å². The number of nitrogens with zero attached hydrogens (tertiary/aromatic N) is 5. The second-order valence-corrected chi connectivity index (χ2v) is 7.46. The molecular formula is C24H17N7. The Labute approximate surface area is 177 Å². The van der Waals surface area contributed by atoms with Crippen molar-refractivity contribution in [3.63, 3.8) is 0 Å². The van der Waals surface area contributed by atoms with E-state index in [-0.39, 0.29) is 0 Å². The molecule has 7 heteroatoms. The minimum Gasteiger partial charge on any atom is -0.352 e. The Morgan fingerprint density at radius 1 is 0.839 bits per heavy atom. The van der Waals surface area contributed by atoms with Gasteiger partial charge in [-0.05, 0) is 48.9 Å². The maximum atomic E-state index is 4.89. The van der Waals surface area contributed by atoms with Gasteiger partial charge in [0.05, 0.1) is 34.3 Å². The quantitative estimate of drug-likeness (QED) is 0.437. The first-order valence-corrected chi connectivity index (χ1v) is 9.92. The molecule has 6 heterocycles. The normalized spacial score (nSPS) is 11.4. The van der Waals surface area contributed by atoms with Crippen molar-refractivity contribution in [3.8, 4) is 33.9 Å². The summed E-state index contributed by atoms with van der Waals surface area (Å²) < 4.78 is 0. The zero-order chi connectivity index (χ0) is 20.8. The summed E-state index contributed by atoms with van der Waals surface area (Å²) in [5, 5.41) is 8.68. The van der Waals surface area contributed by atoms with E-state index in [1.165, 1.54) is 0 Å². The Morgan fingerprint density at radius 2 is 1.77 bits per heavy atom. The predicted molar refractivity (Wildman–Crippen MR) is 120 cm³/mol. The van der Waals surface area contributed by atoms with Gasteiger partial charge in [0.15, 0.2) is 0 Å². The SMILES string of the molecule is Cc1cncc(-c2ccc3[nH]nc(-c4cc5c(-c6ccccn6)cncc5[nH]4)c3n2)c1. The highest BCUT2D eigenvalue weighted by Crippen LogP contribution is 2.33. The van der Waals surface area contributed by atoms with Crippen LogP contribution in [0.5, 0.6) is 0 Å². The van der Waals surface area contributed by atoms with Gasteiger partial charge >= 0.3 is 0 Å². The molecule has 0 aromatic carbocycles. The average molecular weight is 403 g/mol. The molecule has 0 saturated carbocycles. The minimum absolute atomic E-state index is 0.764. The second-order valence-electron chi connectivity index (χ2n) is 7.46. The lowest BCUT2D eigenvalue weighted by Crippen LogP contribution is -1.87. The zero-order valence-corrected chi connectivity index (χ0v) is 16.7. The van der Waals surface area contributed by atoms with E-state index >= 15 is 0 Å². The fourth-order valence-electron chi connectivity index (χ4n) is 3.85. The van der Waals surface area contributed by atoms with E-state index in [2.05, 4.69) is 42.3 Å². The standard InChI is InChI=1S/C24H17N7/c1-14-8-15(11-25-10-14)18-5-6-20-23(29-18)24(31-30-20)21-9-16-17(12-26-13-22(16)28-21)19-4-2-3-7-27-19/h2-13,28H,1H3,(H,30,31). The lowest BCUT2D eigenvalue weighted by atomic mass is 10.1.